The summed E-state index contributed by atoms with van der Waals surface area (Å²) in [6.07, 6.45) is 0.387. The number of urea groups is 1. The number of hydrogen-bond donors (Lipinski definition) is 1. The number of nitrogens with one attached hydrogen (secondary N) is 1. The molecule has 2 heterocycles. The summed E-state index contributed by atoms with van der Waals surface area (Å²) in [5.74, 6) is -3.22. The van der Waals surface area contributed by atoms with Crippen molar-refractivity contribution >= 4 is 17.7 Å². The van der Waals surface area contributed by atoms with E-state index in [1.54, 1.807) is 49.7 Å². The predicted molar refractivity (Wildman–Crippen MR) is 107 cm³/mol. The zero-order valence-electron chi connectivity index (χ0n) is 16.9. The summed E-state index contributed by atoms with van der Waals surface area (Å²) in [5.41, 5.74) is 0.431. The molecule has 0 radical (unpaired) electrons. The van der Waals surface area contributed by atoms with Gasteiger partial charge < -0.3 is 10.1 Å². The van der Waals surface area contributed by atoms with Gasteiger partial charge in [-0.3, -0.25) is 19.5 Å². The van der Waals surface area contributed by atoms with Crippen LogP contribution in [0.15, 0.2) is 42.6 Å². The second-order valence-electron chi connectivity index (χ2n) is 7.84. The van der Waals surface area contributed by atoms with Gasteiger partial charge in [0.1, 0.15) is 11.3 Å². The Morgan fingerprint density at radius 2 is 1.81 bits per heavy atom. The van der Waals surface area contributed by atoms with Crippen molar-refractivity contribution in [2.75, 3.05) is 13.7 Å². The third-order valence-electron chi connectivity index (χ3n) is 5.85. The smallest absolute Gasteiger partial charge is 0.325 e. The van der Waals surface area contributed by atoms with E-state index in [2.05, 4.69) is 10.3 Å². The number of alkyl halides is 2. The first-order valence-electron chi connectivity index (χ1n) is 9.89. The number of rotatable bonds is 5. The lowest BCUT2D eigenvalue weighted by Gasteiger charge is -2.34. The van der Waals surface area contributed by atoms with Gasteiger partial charge in [-0.2, -0.15) is 0 Å². The van der Waals surface area contributed by atoms with Crippen LogP contribution in [0.1, 0.15) is 36.0 Å². The molecule has 0 bridgehead atoms. The van der Waals surface area contributed by atoms with Gasteiger partial charge in [-0.25, -0.2) is 13.6 Å². The van der Waals surface area contributed by atoms with Gasteiger partial charge in [0.15, 0.2) is 5.78 Å². The normalized spacial score (nSPS) is 19.4. The fourth-order valence-corrected chi connectivity index (χ4v) is 3.96. The maximum atomic E-state index is 13.5. The summed E-state index contributed by atoms with van der Waals surface area (Å²) >= 11 is 0. The molecular weight excluding hydrogens is 408 g/mol. The molecule has 2 fully saturated rings. The number of aromatic nitrogens is 1. The van der Waals surface area contributed by atoms with Crippen LogP contribution >= 0.6 is 0 Å². The van der Waals surface area contributed by atoms with E-state index in [9.17, 15) is 23.2 Å². The highest BCUT2D eigenvalue weighted by molar-refractivity contribution is 6.11. The maximum Gasteiger partial charge on any atom is 0.325 e. The van der Waals surface area contributed by atoms with E-state index in [1.807, 2.05) is 0 Å². The van der Waals surface area contributed by atoms with Crippen LogP contribution in [0.2, 0.25) is 0 Å². The van der Waals surface area contributed by atoms with E-state index in [0.717, 1.165) is 10.5 Å². The number of Topliss-reactive ketones (excluding diaryl/α,β-unsaturated/α-hetero) is 1. The molecular formula is C22H21F2N3O4. The summed E-state index contributed by atoms with van der Waals surface area (Å²) in [7, 11) is 1.56. The third kappa shape index (κ3) is 3.99. The highest BCUT2D eigenvalue weighted by atomic mass is 19.3. The number of nitrogens with zero attached hydrogens (tertiary/aromatic N) is 2. The van der Waals surface area contributed by atoms with Crippen LogP contribution in [0, 0.1) is 0 Å². The van der Waals surface area contributed by atoms with E-state index in [4.69, 9.17) is 4.74 Å². The van der Waals surface area contributed by atoms with E-state index in [0.29, 0.717) is 17.0 Å². The van der Waals surface area contributed by atoms with Crippen molar-refractivity contribution in [1.29, 1.82) is 0 Å². The molecule has 1 aliphatic heterocycles. The summed E-state index contributed by atoms with van der Waals surface area (Å²) in [5, 5.41) is 2.54. The molecule has 1 spiro atoms. The molecule has 1 saturated heterocycles. The van der Waals surface area contributed by atoms with Crippen molar-refractivity contribution < 1.29 is 27.9 Å². The minimum Gasteiger partial charge on any atom is -0.497 e. The largest absolute Gasteiger partial charge is 0.497 e. The quantitative estimate of drug-likeness (QED) is 0.581. The number of pyridine rings is 1. The zero-order chi connectivity index (χ0) is 22.2. The number of benzene rings is 1. The number of imide groups is 1. The molecule has 1 aromatic heterocycles. The molecule has 3 amide bonds. The standard InChI is InChI=1S/C22H21F2N3O4/c1-31-16-6-11-25-17(12-16)14-2-4-15(5-3-14)18(28)13-27-19(29)21(26-20(27)30)7-9-22(23,24)10-8-21/h2-6,11-12H,7-10,13H2,1H3,(H,26,30). The van der Waals surface area contributed by atoms with Gasteiger partial charge in [-0.05, 0) is 18.9 Å². The van der Waals surface area contributed by atoms with Crippen LogP contribution in [0.5, 0.6) is 5.75 Å². The molecule has 0 unspecified atom stereocenters. The highest BCUT2D eigenvalue weighted by Crippen LogP contribution is 2.41. The second kappa shape index (κ2) is 7.72. The van der Waals surface area contributed by atoms with E-state index >= 15 is 0 Å². The lowest BCUT2D eigenvalue weighted by Crippen LogP contribution is -2.51. The molecule has 31 heavy (non-hydrogen) atoms. The molecule has 1 aromatic carbocycles. The topological polar surface area (TPSA) is 88.6 Å². The van der Waals surface area contributed by atoms with Gasteiger partial charge in [-0.15, -0.1) is 0 Å². The first-order valence-corrected chi connectivity index (χ1v) is 9.89. The zero-order valence-corrected chi connectivity index (χ0v) is 16.9. The summed E-state index contributed by atoms with van der Waals surface area (Å²) in [6, 6.07) is 9.37. The number of carbonyl (C=O) groups excluding carboxylic acids is 3. The fourth-order valence-electron chi connectivity index (χ4n) is 3.96. The monoisotopic (exact) mass is 429 g/mol. The molecule has 1 aliphatic carbocycles. The Morgan fingerprint density at radius 1 is 1.13 bits per heavy atom. The lowest BCUT2D eigenvalue weighted by atomic mass is 9.80. The second-order valence-corrected chi connectivity index (χ2v) is 7.84. The Hall–Kier alpha value is -3.36. The number of halogens is 2. The Balaban J connectivity index is 1.46. The molecule has 2 aromatic rings. The summed E-state index contributed by atoms with van der Waals surface area (Å²) in [4.78, 5) is 42.9. The number of ketones is 1. The van der Waals surface area contributed by atoms with Crippen molar-refractivity contribution in [3.8, 4) is 17.0 Å². The van der Waals surface area contributed by atoms with Crippen LogP contribution in [0.4, 0.5) is 13.6 Å². The van der Waals surface area contributed by atoms with Crippen molar-refractivity contribution in [2.45, 2.75) is 37.1 Å². The first-order chi connectivity index (χ1) is 14.7. The van der Waals surface area contributed by atoms with E-state index in [-0.39, 0.29) is 12.8 Å². The van der Waals surface area contributed by atoms with Crippen molar-refractivity contribution in [3.05, 3.63) is 48.2 Å². The average molecular weight is 429 g/mol. The molecule has 162 valence electrons. The predicted octanol–water partition coefficient (Wildman–Crippen LogP) is 3.44. The molecule has 4 rings (SSSR count). The minimum atomic E-state index is -2.83. The molecule has 9 heteroatoms. The summed E-state index contributed by atoms with van der Waals surface area (Å²) < 4.78 is 32.2. The Labute approximate surface area is 177 Å². The Kier molecular flexibility index (Phi) is 5.20. The summed E-state index contributed by atoms with van der Waals surface area (Å²) in [6.45, 7) is -0.445. The minimum absolute atomic E-state index is 0.141. The molecule has 2 aliphatic rings. The van der Waals surface area contributed by atoms with Gasteiger partial charge in [0, 0.05) is 36.2 Å². The van der Waals surface area contributed by atoms with Gasteiger partial charge in [0.05, 0.1) is 19.3 Å². The van der Waals surface area contributed by atoms with Gasteiger partial charge >= 0.3 is 6.03 Å². The SMILES string of the molecule is COc1ccnc(-c2ccc(C(=O)CN3C(=O)NC4(CCC(F)(F)CC4)C3=O)cc2)c1. The lowest BCUT2D eigenvalue weighted by molar-refractivity contribution is -0.135. The fraction of sp³-hybridized carbons (Fsp3) is 0.364. The number of hydrogen-bond acceptors (Lipinski definition) is 5. The Bertz CT molecular complexity index is 1030. The van der Waals surface area contributed by atoms with Gasteiger partial charge in [-0.1, -0.05) is 24.3 Å². The first kappa shape index (κ1) is 20.9. The van der Waals surface area contributed by atoms with Crippen LogP contribution < -0.4 is 10.1 Å². The number of ether oxygens (including phenoxy) is 1. The Morgan fingerprint density at radius 3 is 2.45 bits per heavy atom. The number of amides is 3. The third-order valence-corrected chi connectivity index (χ3v) is 5.85. The average Bonchev–Trinajstić information content (AvgIpc) is 3.00. The number of methoxy groups -OCH3 is 1. The van der Waals surface area contributed by atoms with Crippen molar-refractivity contribution in [1.82, 2.24) is 15.2 Å². The van der Waals surface area contributed by atoms with Crippen LogP contribution in [0.3, 0.4) is 0 Å². The highest BCUT2D eigenvalue weighted by Gasteiger charge is 2.55. The van der Waals surface area contributed by atoms with Crippen LogP contribution in [-0.2, 0) is 4.79 Å². The van der Waals surface area contributed by atoms with Gasteiger partial charge in [0.25, 0.3) is 5.91 Å². The molecule has 1 saturated carbocycles. The molecule has 7 nitrogen and oxygen atoms in total. The number of carbonyl (C=O) groups is 3. The van der Waals surface area contributed by atoms with Crippen molar-refractivity contribution in [2.24, 2.45) is 0 Å². The van der Waals surface area contributed by atoms with Crippen LogP contribution in [0.25, 0.3) is 11.3 Å². The molecule has 1 N–H and O–H groups in total. The van der Waals surface area contributed by atoms with E-state index < -0.39 is 48.6 Å². The molecule has 0 atom stereocenters. The maximum absolute atomic E-state index is 13.5. The van der Waals surface area contributed by atoms with Crippen LogP contribution in [-0.4, -0.2) is 52.7 Å². The van der Waals surface area contributed by atoms with Crippen molar-refractivity contribution in [3.63, 3.8) is 0 Å². The van der Waals surface area contributed by atoms with Gasteiger partial charge in [0.2, 0.25) is 5.92 Å². The van der Waals surface area contributed by atoms with E-state index in [1.165, 1.54) is 0 Å².